The molecule has 3 fully saturated rings. The van der Waals surface area contributed by atoms with Crippen LogP contribution in [0, 0.1) is 11.3 Å². The number of benzene rings is 1. The first-order chi connectivity index (χ1) is 20.5. The highest BCUT2D eigenvalue weighted by molar-refractivity contribution is 5.89. The van der Waals surface area contributed by atoms with Crippen LogP contribution in [0.15, 0.2) is 41.5 Å². The monoisotopic (exact) mass is 616 g/mol. The summed E-state index contributed by atoms with van der Waals surface area (Å²) in [5.41, 5.74) is -6.27. The number of carbonyl (C=O) groups excluding carboxylic acids is 4. The molecule has 4 aliphatic rings. The molecule has 0 unspecified atom stereocenters. The third kappa shape index (κ3) is 4.65. The molecule has 1 aromatic rings. The molecule has 0 aromatic heterocycles. The third-order valence-electron chi connectivity index (χ3n) is 9.98. The lowest BCUT2D eigenvalue weighted by atomic mass is 9.56. The number of esters is 4. The van der Waals surface area contributed by atoms with E-state index in [2.05, 4.69) is 0 Å². The Morgan fingerprint density at radius 1 is 0.932 bits per heavy atom. The highest BCUT2D eigenvalue weighted by Gasteiger charge is 2.80. The molecule has 2 saturated carbocycles. The van der Waals surface area contributed by atoms with Gasteiger partial charge in [0.1, 0.15) is 12.2 Å². The summed E-state index contributed by atoms with van der Waals surface area (Å²) in [4.78, 5) is 51.8. The average Bonchev–Trinajstić information content (AvgIpc) is 3.43. The van der Waals surface area contributed by atoms with Crippen LogP contribution in [0.4, 0.5) is 0 Å². The molecule has 12 heteroatoms. The molecule has 1 aromatic carbocycles. The van der Waals surface area contributed by atoms with Crippen molar-refractivity contribution in [3.05, 3.63) is 47.0 Å². The minimum absolute atomic E-state index is 0.0256. The Morgan fingerprint density at radius 2 is 1.57 bits per heavy atom. The van der Waals surface area contributed by atoms with Gasteiger partial charge in [-0.2, -0.15) is 0 Å². The Bertz CT molecular complexity index is 1380. The normalized spacial score (nSPS) is 37.8. The highest BCUT2D eigenvalue weighted by Crippen LogP contribution is 2.67. The first-order valence-corrected chi connectivity index (χ1v) is 14.8. The number of rotatable bonds is 6. The van der Waals surface area contributed by atoms with Crippen molar-refractivity contribution in [2.75, 3.05) is 6.61 Å². The lowest BCUT2D eigenvalue weighted by Gasteiger charge is -2.55. The molecule has 0 radical (unpaired) electrons. The summed E-state index contributed by atoms with van der Waals surface area (Å²) in [7, 11) is 0. The molecule has 12 nitrogen and oxygen atoms in total. The number of aliphatic hydroxyl groups excluding tert-OH is 2. The molecule has 5 rings (SSSR count). The number of ether oxygens (including phenoxy) is 5. The van der Waals surface area contributed by atoms with Gasteiger partial charge in [0.25, 0.3) is 0 Å². The van der Waals surface area contributed by atoms with Gasteiger partial charge in [-0.3, -0.25) is 14.4 Å². The lowest BCUT2D eigenvalue weighted by molar-refractivity contribution is -0.256. The van der Waals surface area contributed by atoms with Crippen molar-refractivity contribution >= 4 is 23.9 Å². The Morgan fingerprint density at radius 3 is 2.14 bits per heavy atom. The first-order valence-electron chi connectivity index (χ1n) is 14.8. The summed E-state index contributed by atoms with van der Waals surface area (Å²) in [5.74, 6) is -4.27. The first kappa shape index (κ1) is 32.1. The smallest absolute Gasteiger partial charge is 0.338 e. The zero-order chi connectivity index (χ0) is 32.4. The summed E-state index contributed by atoms with van der Waals surface area (Å²) in [6.45, 7) is 7.79. The lowest BCUT2D eigenvalue weighted by Crippen LogP contribution is -2.71. The average molecular weight is 617 g/mol. The van der Waals surface area contributed by atoms with Crippen LogP contribution in [0.5, 0.6) is 0 Å². The van der Waals surface area contributed by atoms with Gasteiger partial charge in [-0.25, -0.2) is 4.79 Å². The van der Waals surface area contributed by atoms with Gasteiger partial charge >= 0.3 is 23.9 Å². The van der Waals surface area contributed by atoms with Crippen LogP contribution in [-0.2, 0) is 38.1 Å². The van der Waals surface area contributed by atoms with E-state index < -0.39 is 82.5 Å². The molecule has 240 valence electrons. The minimum atomic E-state index is -1.88. The quantitative estimate of drug-likeness (QED) is 0.240. The predicted octanol–water partition coefficient (Wildman–Crippen LogP) is 1.77. The van der Waals surface area contributed by atoms with Crippen LogP contribution in [0.2, 0.25) is 0 Å². The van der Waals surface area contributed by atoms with Crippen LogP contribution < -0.4 is 0 Å². The second-order valence-electron chi connectivity index (χ2n) is 12.9. The van der Waals surface area contributed by atoms with E-state index in [9.17, 15) is 34.5 Å². The summed E-state index contributed by atoms with van der Waals surface area (Å²) < 4.78 is 30.6. The number of fused-ring (bicyclic) bond motifs is 2. The fraction of sp³-hybridized carbons (Fsp3) is 0.625. The molecular weight excluding hydrogens is 576 g/mol. The van der Waals surface area contributed by atoms with E-state index in [1.54, 1.807) is 37.3 Å². The molecule has 44 heavy (non-hydrogen) atoms. The van der Waals surface area contributed by atoms with Gasteiger partial charge in [0, 0.05) is 20.8 Å². The van der Waals surface area contributed by atoms with E-state index in [0.29, 0.717) is 5.57 Å². The fourth-order valence-corrected chi connectivity index (χ4v) is 8.45. The van der Waals surface area contributed by atoms with Gasteiger partial charge in [-0.1, -0.05) is 18.2 Å². The van der Waals surface area contributed by atoms with Gasteiger partial charge < -0.3 is 39.0 Å². The Balaban J connectivity index is 1.85. The van der Waals surface area contributed by atoms with E-state index in [-0.39, 0.29) is 37.0 Å². The Kier molecular flexibility index (Phi) is 7.97. The highest BCUT2D eigenvalue weighted by atomic mass is 16.6. The van der Waals surface area contributed by atoms with Gasteiger partial charge in [0.15, 0.2) is 17.3 Å². The number of hydrogen-bond donors (Lipinski definition) is 3. The largest absolute Gasteiger partial charge is 0.458 e. The maximum atomic E-state index is 13.8. The molecular formula is C32H40O12. The second-order valence-corrected chi connectivity index (χ2v) is 12.9. The van der Waals surface area contributed by atoms with Crippen molar-refractivity contribution in [2.24, 2.45) is 11.3 Å². The molecule has 0 spiro atoms. The molecule has 3 aliphatic carbocycles. The summed E-state index contributed by atoms with van der Waals surface area (Å²) >= 11 is 0. The van der Waals surface area contributed by atoms with Crippen molar-refractivity contribution in [2.45, 2.75) is 108 Å². The van der Waals surface area contributed by atoms with E-state index in [1.165, 1.54) is 27.7 Å². The summed E-state index contributed by atoms with van der Waals surface area (Å²) in [6.07, 6.45) is -6.91. The van der Waals surface area contributed by atoms with Crippen molar-refractivity contribution in [1.29, 1.82) is 0 Å². The number of carbonyl (C=O) groups is 4. The molecule has 3 N–H and O–H groups in total. The van der Waals surface area contributed by atoms with Crippen LogP contribution in [0.25, 0.3) is 0 Å². The zero-order valence-electron chi connectivity index (χ0n) is 25.7. The standard InChI is InChI=1S/C32H40O12/c1-16-21(36)14-30(29(5,6)39)23(16)24(37)26(42-18(3)34)31(43-19(4)35)13-12-22(41-17(2)33)32(15-40-27(30)25(31)32)44-28(38)20-10-8-7-9-11-20/h7-11,21-22,24-27,36-37,39H,12-15H2,1-6H3/t21-,22+,24+,25+,26-,27-,30-,31-,32-/m0/s1. The Labute approximate surface area is 255 Å². The maximum Gasteiger partial charge on any atom is 0.338 e. The van der Waals surface area contributed by atoms with Gasteiger partial charge in [0.05, 0.1) is 41.3 Å². The zero-order valence-corrected chi connectivity index (χ0v) is 25.7. The Hall–Kier alpha value is -3.32. The fourth-order valence-electron chi connectivity index (χ4n) is 8.45. The number of hydrogen-bond acceptors (Lipinski definition) is 12. The second kappa shape index (κ2) is 10.9. The van der Waals surface area contributed by atoms with Gasteiger partial charge in [-0.05, 0) is 63.3 Å². The minimum Gasteiger partial charge on any atom is -0.458 e. The van der Waals surface area contributed by atoms with Gasteiger partial charge in [0.2, 0.25) is 0 Å². The maximum absolute atomic E-state index is 13.8. The topological polar surface area (TPSA) is 175 Å². The van der Waals surface area contributed by atoms with Gasteiger partial charge in [-0.15, -0.1) is 0 Å². The molecule has 1 heterocycles. The van der Waals surface area contributed by atoms with Crippen LogP contribution in [0.1, 0.15) is 71.2 Å². The summed E-state index contributed by atoms with van der Waals surface area (Å²) in [5, 5.41) is 35.3. The summed E-state index contributed by atoms with van der Waals surface area (Å²) in [6, 6.07) is 8.12. The SMILES string of the molecule is CC(=O)O[C@@H]1CC[C@]2(OC(C)=O)[C@H]3[C@H](OC[C@@]31OC(=O)c1ccccc1)[C@]1(C(C)(C)O)C[C@H](O)C(C)=C1[C@@H](O)[C@@H]2OC(C)=O. The van der Waals surface area contributed by atoms with Crippen molar-refractivity contribution in [3.63, 3.8) is 0 Å². The van der Waals surface area contributed by atoms with E-state index in [1.807, 2.05) is 0 Å². The van der Waals surface area contributed by atoms with Crippen molar-refractivity contribution in [3.8, 4) is 0 Å². The number of aliphatic hydroxyl groups is 3. The van der Waals surface area contributed by atoms with E-state index >= 15 is 0 Å². The van der Waals surface area contributed by atoms with E-state index in [0.717, 1.165) is 6.92 Å². The predicted molar refractivity (Wildman–Crippen MR) is 151 cm³/mol. The third-order valence-corrected chi connectivity index (χ3v) is 9.98. The van der Waals surface area contributed by atoms with Crippen molar-refractivity contribution in [1.82, 2.24) is 0 Å². The van der Waals surface area contributed by atoms with E-state index in [4.69, 9.17) is 23.7 Å². The molecule has 0 amide bonds. The van der Waals surface area contributed by atoms with Crippen LogP contribution in [-0.4, -0.2) is 93.1 Å². The van der Waals surface area contributed by atoms with Crippen molar-refractivity contribution < 1.29 is 58.2 Å². The molecule has 0 bridgehead atoms. The molecule has 1 saturated heterocycles. The van der Waals surface area contributed by atoms with Crippen LogP contribution >= 0.6 is 0 Å². The van der Waals surface area contributed by atoms with Crippen LogP contribution in [0.3, 0.4) is 0 Å². The molecule has 9 atom stereocenters. The molecule has 1 aliphatic heterocycles.